The van der Waals surface area contributed by atoms with E-state index in [0.717, 1.165) is 12.8 Å². The Morgan fingerprint density at radius 3 is 2.44 bits per heavy atom. The molecule has 0 unspecified atom stereocenters. The Bertz CT molecular complexity index is 268. The van der Waals surface area contributed by atoms with Gasteiger partial charge < -0.3 is 20.5 Å². The number of aliphatic hydroxyl groups is 1. The van der Waals surface area contributed by atoms with E-state index in [1.54, 1.807) is 0 Å². The molecule has 1 aliphatic heterocycles. The van der Waals surface area contributed by atoms with Crippen LogP contribution < -0.4 is 5.73 Å². The smallest absolute Gasteiger partial charge is 0.240 e. The number of aliphatic hydroxyl groups excluding tert-OH is 1. The second-order valence-electron chi connectivity index (χ2n) is 5.96. The molecule has 1 heterocycles. The monoisotopic (exact) mass is 258 g/mol. The maximum Gasteiger partial charge on any atom is 0.240 e. The van der Waals surface area contributed by atoms with Gasteiger partial charge in [-0.2, -0.15) is 0 Å². The molecule has 0 spiro atoms. The van der Waals surface area contributed by atoms with E-state index in [-0.39, 0.29) is 24.0 Å². The van der Waals surface area contributed by atoms with Gasteiger partial charge >= 0.3 is 0 Å². The van der Waals surface area contributed by atoms with E-state index in [1.165, 1.54) is 0 Å². The zero-order chi connectivity index (χ0) is 13.8. The molecule has 106 valence electrons. The average Bonchev–Trinajstić information content (AvgIpc) is 2.34. The van der Waals surface area contributed by atoms with Crippen LogP contribution in [0.4, 0.5) is 0 Å². The van der Waals surface area contributed by atoms with Crippen molar-refractivity contribution in [2.45, 2.75) is 45.8 Å². The Balaban J connectivity index is 2.41. The van der Waals surface area contributed by atoms with E-state index in [0.29, 0.717) is 19.7 Å². The summed E-state index contributed by atoms with van der Waals surface area (Å²) in [7, 11) is 0. The van der Waals surface area contributed by atoms with Gasteiger partial charge in [-0.05, 0) is 18.3 Å². The SMILES string of the molecule is CC(C)(C)[C@@H](N)C(=O)N1CCC(OCCO)CC1. The lowest BCUT2D eigenvalue weighted by molar-refractivity contribution is -0.137. The Morgan fingerprint density at radius 2 is 2.00 bits per heavy atom. The summed E-state index contributed by atoms with van der Waals surface area (Å²) in [5.74, 6) is 0.0307. The van der Waals surface area contributed by atoms with Crippen molar-refractivity contribution in [2.75, 3.05) is 26.3 Å². The van der Waals surface area contributed by atoms with Crippen LogP contribution in [-0.2, 0) is 9.53 Å². The van der Waals surface area contributed by atoms with E-state index >= 15 is 0 Å². The van der Waals surface area contributed by atoms with Crippen LogP contribution >= 0.6 is 0 Å². The van der Waals surface area contributed by atoms with Crippen molar-refractivity contribution in [3.63, 3.8) is 0 Å². The van der Waals surface area contributed by atoms with Crippen LogP contribution in [0.25, 0.3) is 0 Å². The Morgan fingerprint density at radius 1 is 1.44 bits per heavy atom. The van der Waals surface area contributed by atoms with Gasteiger partial charge in [-0.1, -0.05) is 20.8 Å². The molecule has 0 bridgehead atoms. The lowest BCUT2D eigenvalue weighted by Crippen LogP contribution is -2.53. The molecule has 1 aliphatic rings. The Kier molecular flexibility index (Phi) is 5.56. The van der Waals surface area contributed by atoms with Gasteiger partial charge in [-0.15, -0.1) is 0 Å². The number of hydrogen-bond donors (Lipinski definition) is 2. The number of hydrogen-bond acceptors (Lipinski definition) is 4. The number of ether oxygens (including phenoxy) is 1. The zero-order valence-electron chi connectivity index (χ0n) is 11.7. The summed E-state index contributed by atoms with van der Waals surface area (Å²) < 4.78 is 5.47. The Labute approximate surface area is 109 Å². The number of piperidine rings is 1. The molecule has 0 radical (unpaired) electrons. The molecule has 0 aromatic heterocycles. The van der Waals surface area contributed by atoms with Crippen LogP contribution in [-0.4, -0.2) is 54.4 Å². The third-order valence-corrected chi connectivity index (χ3v) is 3.40. The quantitative estimate of drug-likeness (QED) is 0.763. The normalized spacial score (nSPS) is 19.9. The van der Waals surface area contributed by atoms with E-state index in [4.69, 9.17) is 15.6 Å². The number of carbonyl (C=O) groups excluding carboxylic acids is 1. The third kappa shape index (κ3) is 4.23. The highest BCUT2D eigenvalue weighted by atomic mass is 16.5. The number of carbonyl (C=O) groups is 1. The highest BCUT2D eigenvalue weighted by molar-refractivity contribution is 5.82. The van der Waals surface area contributed by atoms with E-state index in [9.17, 15) is 4.79 Å². The second-order valence-corrected chi connectivity index (χ2v) is 5.96. The minimum absolute atomic E-state index is 0.0307. The molecule has 18 heavy (non-hydrogen) atoms. The third-order valence-electron chi connectivity index (χ3n) is 3.40. The molecule has 1 saturated heterocycles. The van der Waals surface area contributed by atoms with Gasteiger partial charge in [0.05, 0.1) is 25.4 Å². The Hall–Kier alpha value is -0.650. The summed E-state index contributed by atoms with van der Waals surface area (Å²) in [4.78, 5) is 14.0. The van der Waals surface area contributed by atoms with Gasteiger partial charge in [0, 0.05) is 13.1 Å². The summed E-state index contributed by atoms with van der Waals surface area (Å²) in [5.41, 5.74) is 5.78. The van der Waals surface area contributed by atoms with E-state index < -0.39 is 6.04 Å². The lowest BCUT2D eigenvalue weighted by Gasteiger charge is -2.36. The second kappa shape index (κ2) is 6.50. The molecule has 1 rings (SSSR count). The van der Waals surface area contributed by atoms with Gasteiger partial charge in [0.2, 0.25) is 5.91 Å². The maximum atomic E-state index is 12.2. The van der Waals surface area contributed by atoms with Crippen LogP contribution in [0, 0.1) is 5.41 Å². The lowest BCUT2D eigenvalue weighted by atomic mass is 9.86. The average molecular weight is 258 g/mol. The fourth-order valence-electron chi connectivity index (χ4n) is 2.03. The summed E-state index contributed by atoms with van der Waals surface area (Å²) in [6.07, 6.45) is 1.80. The first-order valence-electron chi connectivity index (χ1n) is 6.63. The van der Waals surface area contributed by atoms with Crippen molar-refractivity contribution < 1.29 is 14.6 Å². The molecular formula is C13H26N2O3. The summed E-state index contributed by atoms with van der Waals surface area (Å²) in [5, 5.41) is 8.69. The standard InChI is InChI=1S/C13H26N2O3/c1-13(2,3)11(14)12(17)15-6-4-10(5-7-15)18-9-8-16/h10-11,16H,4-9,14H2,1-3H3/t11-/m0/s1. The predicted molar refractivity (Wildman–Crippen MR) is 70.1 cm³/mol. The first kappa shape index (κ1) is 15.4. The number of rotatable bonds is 4. The minimum atomic E-state index is -0.451. The number of nitrogens with zero attached hydrogens (tertiary/aromatic N) is 1. The van der Waals surface area contributed by atoms with Crippen molar-refractivity contribution >= 4 is 5.91 Å². The van der Waals surface area contributed by atoms with Crippen molar-refractivity contribution in [1.29, 1.82) is 0 Å². The molecule has 1 amide bonds. The molecule has 1 atom stereocenters. The van der Waals surface area contributed by atoms with Gasteiger partial charge in [0.1, 0.15) is 0 Å². The topological polar surface area (TPSA) is 75.8 Å². The summed E-state index contributed by atoms with van der Waals surface area (Å²) in [6.45, 7) is 7.75. The van der Waals surface area contributed by atoms with E-state index in [2.05, 4.69) is 0 Å². The molecule has 0 aromatic rings. The molecule has 0 aromatic carbocycles. The fraction of sp³-hybridized carbons (Fsp3) is 0.923. The molecule has 5 nitrogen and oxygen atoms in total. The maximum absolute atomic E-state index is 12.2. The molecule has 0 saturated carbocycles. The van der Waals surface area contributed by atoms with Gasteiger partial charge in [0.25, 0.3) is 0 Å². The summed E-state index contributed by atoms with van der Waals surface area (Å²) in [6, 6.07) is -0.451. The van der Waals surface area contributed by atoms with Gasteiger partial charge in [0.15, 0.2) is 0 Å². The highest BCUT2D eigenvalue weighted by Crippen LogP contribution is 2.21. The van der Waals surface area contributed by atoms with Crippen LogP contribution in [0.15, 0.2) is 0 Å². The number of likely N-dealkylation sites (tertiary alicyclic amines) is 1. The largest absolute Gasteiger partial charge is 0.394 e. The van der Waals surface area contributed by atoms with Gasteiger partial charge in [-0.3, -0.25) is 4.79 Å². The first-order chi connectivity index (χ1) is 8.36. The van der Waals surface area contributed by atoms with Crippen LogP contribution in [0.2, 0.25) is 0 Å². The first-order valence-corrected chi connectivity index (χ1v) is 6.63. The van der Waals surface area contributed by atoms with Crippen molar-refractivity contribution in [2.24, 2.45) is 11.1 Å². The van der Waals surface area contributed by atoms with Crippen molar-refractivity contribution in [3.05, 3.63) is 0 Å². The molecule has 5 heteroatoms. The van der Waals surface area contributed by atoms with Crippen LogP contribution in [0.3, 0.4) is 0 Å². The highest BCUT2D eigenvalue weighted by Gasteiger charge is 2.32. The summed E-state index contributed by atoms with van der Waals surface area (Å²) >= 11 is 0. The number of nitrogens with two attached hydrogens (primary N) is 1. The fourth-order valence-corrected chi connectivity index (χ4v) is 2.03. The zero-order valence-corrected chi connectivity index (χ0v) is 11.7. The number of amides is 1. The van der Waals surface area contributed by atoms with Gasteiger partial charge in [-0.25, -0.2) is 0 Å². The molecule has 0 aliphatic carbocycles. The van der Waals surface area contributed by atoms with E-state index in [1.807, 2.05) is 25.7 Å². The van der Waals surface area contributed by atoms with Crippen LogP contribution in [0.1, 0.15) is 33.6 Å². The van der Waals surface area contributed by atoms with Crippen molar-refractivity contribution in [1.82, 2.24) is 4.90 Å². The van der Waals surface area contributed by atoms with Crippen LogP contribution in [0.5, 0.6) is 0 Å². The predicted octanol–water partition coefficient (Wildman–Crippen LogP) is 0.360. The van der Waals surface area contributed by atoms with Crippen molar-refractivity contribution in [3.8, 4) is 0 Å². The molecule has 1 fully saturated rings. The molecular weight excluding hydrogens is 232 g/mol. The molecule has 3 N–H and O–H groups in total. The minimum Gasteiger partial charge on any atom is -0.394 e.